The van der Waals surface area contributed by atoms with E-state index < -0.39 is 0 Å². The predicted octanol–water partition coefficient (Wildman–Crippen LogP) is 0.526. The van der Waals surface area contributed by atoms with Gasteiger partial charge in [0.25, 0.3) is 0 Å². The molecule has 0 N–H and O–H groups in total. The fraction of sp³-hybridized carbons (Fsp3) is 0.500. The van der Waals surface area contributed by atoms with Crippen molar-refractivity contribution >= 4 is 11.0 Å². The first kappa shape index (κ1) is 12.3. The van der Waals surface area contributed by atoms with Gasteiger partial charge < -0.3 is 4.90 Å². The first-order valence-electron chi connectivity index (χ1n) is 6.69. The molecular formula is C14H19N4O+. The molecule has 0 saturated heterocycles. The van der Waals surface area contributed by atoms with E-state index in [1.165, 1.54) is 11.1 Å². The molecule has 1 aromatic heterocycles. The van der Waals surface area contributed by atoms with Gasteiger partial charge in [-0.1, -0.05) is 13.0 Å². The summed E-state index contributed by atoms with van der Waals surface area (Å²) < 4.78 is 0. The van der Waals surface area contributed by atoms with Crippen LogP contribution in [0.1, 0.15) is 23.9 Å². The number of nitrogens with zero attached hydrogens (tertiary/aromatic N) is 4. The molecule has 5 nitrogen and oxygen atoms in total. The second-order valence-corrected chi connectivity index (χ2v) is 5.00. The smallest absolute Gasteiger partial charge is 0.302 e. The van der Waals surface area contributed by atoms with Crippen LogP contribution in [0.5, 0.6) is 0 Å². The van der Waals surface area contributed by atoms with Gasteiger partial charge in [0.1, 0.15) is 10.4 Å². The fourth-order valence-electron chi connectivity index (χ4n) is 2.64. The summed E-state index contributed by atoms with van der Waals surface area (Å²) in [6, 6.07) is 4.27. The van der Waals surface area contributed by atoms with Crippen LogP contribution < -0.4 is 9.68 Å². The van der Waals surface area contributed by atoms with E-state index in [1.807, 2.05) is 6.92 Å². The summed E-state index contributed by atoms with van der Waals surface area (Å²) >= 11 is 0. The van der Waals surface area contributed by atoms with Gasteiger partial charge in [-0.2, -0.15) is 0 Å². The van der Waals surface area contributed by atoms with Gasteiger partial charge >= 0.3 is 5.52 Å². The Morgan fingerprint density at radius 3 is 3.00 bits per heavy atom. The summed E-state index contributed by atoms with van der Waals surface area (Å²) in [5.74, 6) is 0.804. The maximum atomic E-state index is 5.42. The molecule has 1 aliphatic heterocycles. The Hall–Kier alpha value is -1.75. The van der Waals surface area contributed by atoms with E-state index in [2.05, 4.69) is 34.2 Å². The van der Waals surface area contributed by atoms with Crippen molar-refractivity contribution < 1.29 is 9.68 Å². The van der Waals surface area contributed by atoms with Crippen molar-refractivity contribution in [2.24, 2.45) is 0 Å². The summed E-state index contributed by atoms with van der Waals surface area (Å²) in [5.41, 5.74) is 4.63. The Kier molecular flexibility index (Phi) is 3.06. The van der Waals surface area contributed by atoms with Gasteiger partial charge in [-0.15, -0.1) is 0 Å². The highest BCUT2D eigenvalue weighted by molar-refractivity contribution is 5.76. The van der Waals surface area contributed by atoms with Crippen LogP contribution in [0.3, 0.4) is 0 Å². The first-order chi connectivity index (χ1) is 9.22. The molecule has 0 aliphatic carbocycles. The third-order valence-electron chi connectivity index (χ3n) is 3.69. The maximum absolute atomic E-state index is 5.42. The van der Waals surface area contributed by atoms with Crippen LogP contribution in [0.15, 0.2) is 12.1 Å². The lowest BCUT2D eigenvalue weighted by Gasteiger charge is -2.23. The van der Waals surface area contributed by atoms with Gasteiger partial charge in [-0.3, -0.25) is 0 Å². The zero-order valence-corrected chi connectivity index (χ0v) is 11.7. The number of aromatic nitrogens is 3. The van der Waals surface area contributed by atoms with E-state index in [0.717, 1.165) is 42.8 Å². The van der Waals surface area contributed by atoms with Crippen LogP contribution in [0.25, 0.3) is 11.0 Å². The predicted molar refractivity (Wildman–Crippen MR) is 71.7 cm³/mol. The monoisotopic (exact) mass is 259 g/mol. The van der Waals surface area contributed by atoms with E-state index in [-0.39, 0.29) is 0 Å². The molecule has 1 aromatic carbocycles. The van der Waals surface area contributed by atoms with Gasteiger partial charge in [0.05, 0.1) is 10.7 Å². The highest BCUT2D eigenvalue weighted by atomic mass is 16.7. The summed E-state index contributed by atoms with van der Waals surface area (Å²) in [4.78, 5) is 14.0. The topological polar surface area (TPSA) is 42.1 Å². The van der Waals surface area contributed by atoms with E-state index in [4.69, 9.17) is 4.84 Å². The van der Waals surface area contributed by atoms with Crippen molar-refractivity contribution in [2.75, 3.05) is 20.7 Å². The molecule has 0 bridgehead atoms. The molecule has 100 valence electrons. The summed E-state index contributed by atoms with van der Waals surface area (Å²) in [6.07, 6.45) is 1.87. The molecule has 0 unspecified atom stereocenters. The molecule has 19 heavy (non-hydrogen) atoms. The summed E-state index contributed by atoms with van der Waals surface area (Å²) in [7, 11) is 3.79. The number of hydrogen-bond acceptors (Lipinski definition) is 4. The van der Waals surface area contributed by atoms with Crippen molar-refractivity contribution in [1.29, 1.82) is 0 Å². The lowest BCUT2D eigenvalue weighted by atomic mass is 9.98. The Labute approximate surface area is 112 Å². The normalized spacial score (nSPS) is 15.5. The van der Waals surface area contributed by atoms with Crippen LogP contribution in [-0.2, 0) is 19.4 Å². The highest BCUT2D eigenvalue weighted by Crippen LogP contribution is 2.23. The van der Waals surface area contributed by atoms with Crippen LogP contribution in [0.4, 0.5) is 0 Å². The number of fused-ring (bicyclic) bond motifs is 3. The van der Waals surface area contributed by atoms with Crippen molar-refractivity contribution in [3.8, 4) is 0 Å². The van der Waals surface area contributed by atoms with E-state index in [0.29, 0.717) is 0 Å². The highest BCUT2D eigenvalue weighted by Gasteiger charge is 2.26. The Balaban J connectivity index is 2.29. The summed E-state index contributed by atoms with van der Waals surface area (Å²) in [5, 5.41) is 4.44. The molecule has 0 atom stereocenters. The van der Waals surface area contributed by atoms with Gasteiger partial charge in [0.15, 0.2) is 7.11 Å². The number of rotatable bonds is 2. The van der Waals surface area contributed by atoms with E-state index >= 15 is 0 Å². The zero-order chi connectivity index (χ0) is 13.4. The molecule has 0 fully saturated rings. The first-order valence-corrected chi connectivity index (χ1v) is 6.69. The molecular weight excluding hydrogens is 240 g/mol. The minimum Gasteiger partial charge on any atom is -0.302 e. The van der Waals surface area contributed by atoms with Crippen molar-refractivity contribution in [1.82, 2.24) is 15.0 Å². The molecule has 0 saturated carbocycles. The zero-order valence-electron chi connectivity index (χ0n) is 11.7. The molecule has 2 heterocycles. The minimum absolute atomic E-state index is 0.802. The maximum Gasteiger partial charge on any atom is 0.319 e. The number of benzene rings is 1. The molecule has 3 rings (SSSR count). The van der Waals surface area contributed by atoms with Crippen LogP contribution in [0.2, 0.25) is 0 Å². The average Bonchev–Trinajstić information content (AvgIpc) is 2.45. The number of likely N-dealkylation sites (N-methyl/N-ethyl adjacent to an activating group) is 1. The third-order valence-corrected chi connectivity index (χ3v) is 3.69. The molecule has 0 spiro atoms. The number of hydrogen-bond donors (Lipinski definition) is 0. The third kappa shape index (κ3) is 2.04. The standard InChI is InChI=1S/C14H19N4O/c1-4-13-15-12-6-5-10-7-8-17(2)9-11(10)14(12)18(16-13)19-3/h5-6H,4,7-9H2,1-3H3/q+1. The van der Waals surface area contributed by atoms with Gasteiger partial charge in [0.2, 0.25) is 5.82 Å². The van der Waals surface area contributed by atoms with Crippen molar-refractivity contribution in [2.45, 2.75) is 26.3 Å². The van der Waals surface area contributed by atoms with E-state index in [1.54, 1.807) is 12.0 Å². The molecule has 1 aliphatic rings. The van der Waals surface area contributed by atoms with Crippen LogP contribution in [-0.4, -0.2) is 35.7 Å². The number of aryl methyl sites for hydroxylation is 1. The lowest BCUT2D eigenvalue weighted by Crippen LogP contribution is -2.47. The van der Waals surface area contributed by atoms with Gasteiger partial charge in [-0.25, -0.2) is 9.82 Å². The summed E-state index contributed by atoms with van der Waals surface area (Å²) in [6.45, 7) is 4.07. The van der Waals surface area contributed by atoms with Gasteiger partial charge in [0, 0.05) is 19.5 Å². The largest absolute Gasteiger partial charge is 0.319 e. The van der Waals surface area contributed by atoms with Gasteiger partial charge in [-0.05, 0) is 25.1 Å². The Morgan fingerprint density at radius 2 is 2.26 bits per heavy atom. The van der Waals surface area contributed by atoms with Crippen molar-refractivity contribution in [3.05, 3.63) is 29.1 Å². The van der Waals surface area contributed by atoms with Crippen LogP contribution in [0, 0.1) is 0 Å². The second-order valence-electron chi connectivity index (χ2n) is 5.00. The van der Waals surface area contributed by atoms with E-state index in [9.17, 15) is 0 Å². The Morgan fingerprint density at radius 1 is 1.42 bits per heavy atom. The lowest BCUT2D eigenvalue weighted by molar-refractivity contribution is -0.911. The quantitative estimate of drug-likeness (QED) is 0.738. The van der Waals surface area contributed by atoms with Crippen molar-refractivity contribution in [3.63, 3.8) is 0 Å². The molecule has 0 amide bonds. The van der Waals surface area contributed by atoms with Crippen LogP contribution >= 0.6 is 0 Å². The minimum atomic E-state index is 0.802. The SMILES string of the molecule is CCc1nc2ccc3c(c2[n+](OC)n1)CN(C)CC3. The second kappa shape index (κ2) is 4.74. The molecule has 2 aromatic rings. The molecule has 5 heteroatoms. The molecule has 0 radical (unpaired) electrons. The fourth-order valence-corrected chi connectivity index (χ4v) is 2.64. The average molecular weight is 259 g/mol. The Bertz CT molecular complexity index is 626.